The van der Waals surface area contributed by atoms with Crippen molar-refractivity contribution < 1.29 is 14.0 Å². The predicted octanol–water partition coefficient (Wildman–Crippen LogP) is 1.94. The third-order valence-corrected chi connectivity index (χ3v) is 4.64. The molecule has 0 aliphatic rings. The molecular weight excluding hydrogens is 354 g/mol. The summed E-state index contributed by atoms with van der Waals surface area (Å²) >= 11 is 1.22. The number of carbonyl (C=O) groups excluding carboxylic acids is 2. The second-order valence-corrected chi connectivity index (χ2v) is 6.36. The van der Waals surface area contributed by atoms with Crippen LogP contribution in [0.25, 0.3) is 11.4 Å². The summed E-state index contributed by atoms with van der Waals surface area (Å²) in [6.07, 6.45) is 1.59. The summed E-state index contributed by atoms with van der Waals surface area (Å²) in [7, 11) is 1.82. The minimum atomic E-state index is -0.375. The molecule has 0 atom stereocenters. The molecule has 2 N–H and O–H groups in total. The number of nitrogens with zero attached hydrogens (tertiary/aromatic N) is 3. The molecule has 0 saturated carbocycles. The molecule has 0 aliphatic carbocycles. The first-order chi connectivity index (χ1) is 12.6. The van der Waals surface area contributed by atoms with E-state index < -0.39 is 0 Å². The number of carbonyl (C=O) groups is 2. The van der Waals surface area contributed by atoms with E-state index in [4.69, 9.17) is 4.42 Å². The van der Waals surface area contributed by atoms with E-state index in [0.29, 0.717) is 16.5 Å². The van der Waals surface area contributed by atoms with Crippen LogP contribution in [-0.4, -0.2) is 32.3 Å². The quantitative estimate of drug-likeness (QED) is 0.525. The molecule has 0 radical (unpaired) electrons. The Bertz CT molecular complexity index is 920. The van der Waals surface area contributed by atoms with E-state index in [-0.39, 0.29) is 17.6 Å². The normalized spacial score (nSPS) is 10.5. The van der Waals surface area contributed by atoms with Crippen LogP contribution in [0.3, 0.4) is 0 Å². The van der Waals surface area contributed by atoms with Crippen LogP contribution >= 0.6 is 11.8 Å². The fourth-order valence-corrected chi connectivity index (χ4v) is 2.96. The summed E-state index contributed by atoms with van der Waals surface area (Å²) in [6, 6.07) is 10.5. The lowest BCUT2D eigenvalue weighted by atomic mass is 10.2. The SMILES string of the molecule is Cc1occc1-c1nnc(SCC(=O)NNC(=O)c2ccccc2)n1C. The molecule has 8 nitrogen and oxygen atoms in total. The Hall–Kier alpha value is -3.07. The van der Waals surface area contributed by atoms with Gasteiger partial charge in [0.05, 0.1) is 17.6 Å². The first-order valence-corrected chi connectivity index (χ1v) is 8.75. The number of hydrazine groups is 1. The van der Waals surface area contributed by atoms with E-state index in [1.165, 1.54) is 11.8 Å². The predicted molar refractivity (Wildman–Crippen MR) is 96.2 cm³/mol. The molecule has 0 aliphatic heterocycles. The maximum atomic E-state index is 11.9. The molecule has 3 aromatic rings. The summed E-state index contributed by atoms with van der Waals surface area (Å²) in [5.41, 5.74) is 6.08. The first-order valence-electron chi connectivity index (χ1n) is 7.77. The van der Waals surface area contributed by atoms with Gasteiger partial charge in [0.15, 0.2) is 11.0 Å². The summed E-state index contributed by atoms with van der Waals surface area (Å²) in [5.74, 6) is 0.782. The molecule has 9 heteroatoms. The van der Waals surface area contributed by atoms with Crippen molar-refractivity contribution in [1.29, 1.82) is 0 Å². The zero-order chi connectivity index (χ0) is 18.5. The van der Waals surface area contributed by atoms with Crippen LogP contribution in [0, 0.1) is 6.92 Å². The molecule has 2 amide bonds. The molecule has 2 heterocycles. The lowest BCUT2D eigenvalue weighted by molar-refractivity contribution is -0.119. The highest BCUT2D eigenvalue weighted by Gasteiger charge is 2.16. The number of rotatable bonds is 5. The molecule has 0 spiro atoms. The molecule has 0 bridgehead atoms. The maximum absolute atomic E-state index is 11.9. The van der Waals surface area contributed by atoms with Crippen molar-refractivity contribution in [3.05, 3.63) is 54.0 Å². The molecule has 3 rings (SSSR count). The molecule has 0 fully saturated rings. The number of furan rings is 1. The Morgan fingerprint density at radius 2 is 1.92 bits per heavy atom. The minimum Gasteiger partial charge on any atom is -0.469 e. The molecule has 134 valence electrons. The number of hydrogen-bond acceptors (Lipinski definition) is 6. The Morgan fingerprint density at radius 3 is 2.62 bits per heavy atom. The number of thioether (sulfide) groups is 1. The second-order valence-electron chi connectivity index (χ2n) is 5.41. The van der Waals surface area contributed by atoms with E-state index in [0.717, 1.165) is 11.3 Å². The second kappa shape index (κ2) is 7.87. The van der Waals surface area contributed by atoms with Crippen LogP contribution in [-0.2, 0) is 11.8 Å². The molecule has 1 aromatic carbocycles. The molecule has 26 heavy (non-hydrogen) atoms. The van der Waals surface area contributed by atoms with Crippen molar-refractivity contribution >= 4 is 23.6 Å². The van der Waals surface area contributed by atoms with Crippen molar-refractivity contribution in [1.82, 2.24) is 25.6 Å². The van der Waals surface area contributed by atoms with Crippen molar-refractivity contribution in [2.24, 2.45) is 7.05 Å². The molecular formula is C17H17N5O3S. The summed E-state index contributed by atoms with van der Waals surface area (Å²) in [6.45, 7) is 1.85. The highest BCUT2D eigenvalue weighted by atomic mass is 32.2. The van der Waals surface area contributed by atoms with Crippen molar-refractivity contribution in [3.63, 3.8) is 0 Å². The monoisotopic (exact) mass is 371 g/mol. The van der Waals surface area contributed by atoms with Crippen molar-refractivity contribution in [2.45, 2.75) is 12.1 Å². The Labute approximate surface area is 154 Å². The van der Waals surface area contributed by atoms with Gasteiger partial charge in [0, 0.05) is 12.6 Å². The van der Waals surface area contributed by atoms with Gasteiger partial charge in [-0.3, -0.25) is 20.4 Å². The third-order valence-electron chi connectivity index (χ3n) is 3.62. The van der Waals surface area contributed by atoms with Gasteiger partial charge in [0.25, 0.3) is 5.91 Å². The van der Waals surface area contributed by atoms with Gasteiger partial charge in [0.2, 0.25) is 5.91 Å². The first kappa shape index (κ1) is 17.7. The van der Waals surface area contributed by atoms with Gasteiger partial charge in [-0.15, -0.1) is 10.2 Å². The smallest absolute Gasteiger partial charge is 0.269 e. The van der Waals surface area contributed by atoms with Crippen LogP contribution < -0.4 is 10.9 Å². The number of aryl methyl sites for hydroxylation is 1. The number of aromatic nitrogens is 3. The highest BCUT2D eigenvalue weighted by molar-refractivity contribution is 7.99. The Balaban J connectivity index is 1.53. The summed E-state index contributed by atoms with van der Waals surface area (Å²) in [5, 5.41) is 8.82. The van der Waals surface area contributed by atoms with Gasteiger partial charge in [0.1, 0.15) is 5.76 Å². The number of nitrogens with one attached hydrogen (secondary N) is 2. The minimum absolute atomic E-state index is 0.0887. The van der Waals surface area contributed by atoms with Crippen molar-refractivity contribution in [3.8, 4) is 11.4 Å². The average Bonchev–Trinajstić information content (AvgIpc) is 3.23. The zero-order valence-corrected chi connectivity index (χ0v) is 15.0. The Morgan fingerprint density at radius 1 is 1.15 bits per heavy atom. The van der Waals surface area contributed by atoms with Gasteiger partial charge in [-0.2, -0.15) is 0 Å². The average molecular weight is 371 g/mol. The van der Waals surface area contributed by atoms with Gasteiger partial charge >= 0.3 is 0 Å². The van der Waals surface area contributed by atoms with E-state index in [1.54, 1.807) is 35.1 Å². The number of amides is 2. The summed E-state index contributed by atoms with van der Waals surface area (Å²) in [4.78, 5) is 23.8. The van der Waals surface area contributed by atoms with Crippen LogP contribution in [0.2, 0.25) is 0 Å². The lowest BCUT2D eigenvalue weighted by Gasteiger charge is -2.07. The number of benzene rings is 1. The van der Waals surface area contributed by atoms with Gasteiger partial charge < -0.3 is 8.98 Å². The molecule has 2 aromatic heterocycles. The van der Waals surface area contributed by atoms with Gasteiger partial charge in [-0.25, -0.2) is 0 Å². The standard InChI is InChI=1S/C17H17N5O3S/c1-11-13(8-9-25-11)15-19-21-17(22(15)2)26-10-14(23)18-20-16(24)12-6-4-3-5-7-12/h3-9H,10H2,1-2H3,(H,18,23)(H,20,24). The number of hydrogen-bond donors (Lipinski definition) is 2. The van der Waals surface area contributed by atoms with Crippen LogP contribution in [0.4, 0.5) is 0 Å². The lowest BCUT2D eigenvalue weighted by Crippen LogP contribution is -2.42. The molecule has 0 saturated heterocycles. The topological polar surface area (TPSA) is 102 Å². The molecule has 0 unspecified atom stereocenters. The summed E-state index contributed by atoms with van der Waals surface area (Å²) < 4.78 is 7.07. The van der Waals surface area contributed by atoms with Crippen molar-refractivity contribution in [2.75, 3.05) is 5.75 Å². The largest absolute Gasteiger partial charge is 0.469 e. The highest BCUT2D eigenvalue weighted by Crippen LogP contribution is 2.25. The van der Waals surface area contributed by atoms with E-state index in [1.807, 2.05) is 26.1 Å². The van der Waals surface area contributed by atoms with E-state index >= 15 is 0 Å². The van der Waals surface area contributed by atoms with Crippen LogP contribution in [0.5, 0.6) is 0 Å². The van der Waals surface area contributed by atoms with Gasteiger partial charge in [-0.1, -0.05) is 30.0 Å². The Kier molecular flexibility index (Phi) is 5.37. The third kappa shape index (κ3) is 3.94. The van der Waals surface area contributed by atoms with E-state index in [9.17, 15) is 9.59 Å². The zero-order valence-electron chi connectivity index (χ0n) is 14.2. The van der Waals surface area contributed by atoms with Crippen LogP contribution in [0.1, 0.15) is 16.1 Å². The van der Waals surface area contributed by atoms with Crippen LogP contribution in [0.15, 0.2) is 52.2 Å². The maximum Gasteiger partial charge on any atom is 0.269 e. The fraction of sp³-hybridized carbons (Fsp3) is 0.176. The van der Waals surface area contributed by atoms with E-state index in [2.05, 4.69) is 21.0 Å². The van der Waals surface area contributed by atoms with Gasteiger partial charge in [-0.05, 0) is 25.1 Å². The fourth-order valence-electron chi connectivity index (χ4n) is 2.25.